The lowest BCUT2D eigenvalue weighted by Crippen LogP contribution is -2.22. The van der Waals surface area contributed by atoms with Crippen molar-refractivity contribution < 1.29 is 13.5 Å². The Morgan fingerprint density at radius 1 is 1.33 bits per heavy atom. The summed E-state index contributed by atoms with van der Waals surface area (Å²) in [5.74, 6) is 0. The van der Waals surface area contributed by atoms with Gasteiger partial charge in [0.2, 0.25) is 10.0 Å². The molecule has 0 unspecified atom stereocenters. The van der Waals surface area contributed by atoms with Crippen molar-refractivity contribution in [1.82, 2.24) is 9.71 Å². The lowest BCUT2D eigenvalue weighted by atomic mass is 10.3. The van der Waals surface area contributed by atoms with E-state index in [1.54, 1.807) is 24.5 Å². The molecule has 0 aliphatic carbocycles. The minimum atomic E-state index is -3.52. The zero-order valence-corrected chi connectivity index (χ0v) is 11.0. The van der Waals surface area contributed by atoms with Gasteiger partial charge < -0.3 is 5.11 Å². The maximum Gasteiger partial charge on any atom is 0.241 e. The predicted octanol–water partition coefficient (Wildman–Crippen LogP) is 1.11. The fourth-order valence-corrected chi connectivity index (χ4v) is 3.50. The molecule has 0 aromatic carbocycles. The largest absolute Gasteiger partial charge is 0.391 e. The molecule has 0 aliphatic heterocycles. The Hall–Kier alpha value is -1.28. The summed E-state index contributed by atoms with van der Waals surface area (Å²) in [7, 11) is -3.52. The van der Waals surface area contributed by atoms with E-state index in [0.29, 0.717) is 4.88 Å². The molecule has 0 aliphatic rings. The van der Waals surface area contributed by atoms with Gasteiger partial charge in [0.25, 0.3) is 0 Å². The summed E-state index contributed by atoms with van der Waals surface area (Å²) in [4.78, 5) is 4.67. The summed E-state index contributed by atoms with van der Waals surface area (Å²) >= 11 is 1.22. The molecule has 96 valence electrons. The number of aliphatic hydroxyl groups excluding tert-OH is 1. The van der Waals surface area contributed by atoms with Crippen molar-refractivity contribution in [2.24, 2.45) is 0 Å². The van der Waals surface area contributed by atoms with Crippen molar-refractivity contribution in [1.29, 1.82) is 0 Å². The lowest BCUT2D eigenvalue weighted by Gasteiger charge is -2.04. The van der Waals surface area contributed by atoms with E-state index in [0.717, 1.165) is 5.56 Å². The molecule has 2 rings (SSSR count). The molecular weight excluding hydrogens is 272 g/mol. The highest BCUT2D eigenvalue weighted by Gasteiger charge is 2.15. The zero-order chi connectivity index (χ0) is 13.0. The molecule has 0 bridgehead atoms. The molecule has 0 fully saturated rings. The maximum absolute atomic E-state index is 11.9. The van der Waals surface area contributed by atoms with Crippen LogP contribution >= 0.6 is 11.3 Å². The molecule has 2 aromatic rings. The summed E-state index contributed by atoms with van der Waals surface area (Å²) in [6.45, 7) is 0.0691. The number of nitrogens with one attached hydrogen (secondary N) is 1. The smallest absolute Gasteiger partial charge is 0.241 e. The molecule has 0 spiro atoms. The van der Waals surface area contributed by atoms with E-state index in [1.807, 2.05) is 0 Å². The van der Waals surface area contributed by atoms with Gasteiger partial charge >= 0.3 is 0 Å². The number of aromatic nitrogens is 1. The molecule has 0 amide bonds. The van der Waals surface area contributed by atoms with Crippen molar-refractivity contribution >= 4 is 21.4 Å². The maximum atomic E-state index is 11.9. The van der Waals surface area contributed by atoms with Gasteiger partial charge in [0.05, 0.1) is 11.5 Å². The molecule has 18 heavy (non-hydrogen) atoms. The molecule has 0 saturated carbocycles. The first-order chi connectivity index (χ1) is 8.62. The number of rotatable bonds is 5. The van der Waals surface area contributed by atoms with E-state index in [2.05, 4.69) is 9.71 Å². The van der Waals surface area contributed by atoms with Crippen LogP contribution in [0.4, 0.5) is 0 Å². The number of hydrogen-bond acceptors (Lipinski definition) is 5. The molecule has 5 nitrogen and oxygen atoms in total. The molecule has 0 radical (unpaired) electrons. The summed E-state index contributed by atoms with van der Waals surface area (Å²) in [5.41, 5.74) is 0.839. The molecular formula is C11H12N2O3S2. The number of pyridine rings is 1. The number of thiophene rings is 1. The van der Waals surface area contributed by atoms with Crippen LogP contribution in [0.3, 0.4) is 0 Å². The summed E-state index contributed by atoms with van der Waals surface area (Å²) in [6, 6.07) is 4.96. The topological polar surface area (TPSA) is 79.3 Å². The Bertz CT molecular complexity index is 608. The van der Waals surface area contributed by atoms with Gasteiger partial charge in [-0.2, -0.15) is 0 Å². The highest BCUT2D eigenvalue weighted by Crippen LogP contribution is 2.19. The Morgan fingerprint density at radius 2 is 2.06 bits per heavy atom. The Kier molecular flexibility index (Phi) is 4.07. The van der Waals surface area contributed by atoms with Crippen LogP contribution < -0.4 is 4.72 Å². The van der Waals surface area contributed by atoms with Crippen LogP contribution in [0.5, 0.6) is 0 Å². The van der Waals surface area contributed by atoms with Crippen molar-refractivity contribution in [2.45, 2.75) is 18.0 Å². The second-order valence-corrected chi connectivity index (χ2v) is 6.35. The summed E-state index contributed by atoms with van der Waals surface area (Å²) < 4.78 is 26.4. The molecule has 0 saturated heterocycles. The first-order valence-corrected chi connectivity index (χ1v) is 7.55. The first kappa shape index (κ1) is 13.2. The average molecular weight is 284 g/mol. The van der Waals surface area contributed by atoms with Crippen LogP contribution in [0.1, 0.15) is 10.4 Å². The fraction of sp³-hybridized carbons (Fsp3) is 0.182. The standard InChI is InChI=1S/C11H12N2O3S2/c14-7-10-5-11(8-17-10)18(15,16)13-6-9-1-3-12-4-2-9/h1-5,8,13-14H,6-7H2. The lowest BCUT2D eigenvalue weighted by molar-refractivity contribution is 0.285. The first-order valence-electron chi connectivity index (χ1n) is 5.18. The van der Waals surface area contributed by atoms with Crippen LogP contribution in [-0.2, 0) is 23.2 Å². The number of hydrogen-bond donors (Lipinski definition) is 2. The summed E-state index contributed by atoms with van der Waals surface area (Å²) in [5, 5.41) is 10.4. The van der Waals surface area contributed by atoms with Crippen LogP contribution in [0.25, 0.3) is 0 Å². The van der Waals surface area contributed by atoms with Crippen LogP contribution in [0, 0.1) is 0 Å². The van der Waals surface area contributed by atoms with Crippen molar-refractivity contribution in [3.8, 4) is 0 Å². The number of aliphatic hydroxyl groups is 1. The second-order valence-electron chi connectivity index (χ2n) is 3.59. The Morgan fingerprint density at radius 3 is 2.67 bits per heavy atom. The van der Waals surface area contributed by atoms with Crippen LogP contribution in [0.2, 0.25) is 0 Å². The van der Waals surface area contributed by atoms with Crippen molar-refractivity contribution in [2.75, 3.05) is 0 Å². The number of nitrogens with zero attached hydrogens (tertiary/aromatic N) is 1. The molecule has 2 N–H and O–H groups in total. The minimum absolute atomic E-state index is 0.148. The fourth-order valence-electron chi connectivity index (χ4n) is 1.35. The van der Waals surface area contributed by atoms with Crippen LogP contribution in [0.15, 0.2) is 40.9 Å². The third-order valence-corrected chi connectivity index (χ3v) is 4.76. The predicted molar refractivity (Wildman–Crippen MR) is 68.5 cm³/mol. The van der Waals surface area contributed by atoms with Gasteiger partial charge in [0.1, 0.15) is 0 Å². The van der Waals surface area contributed by atoms with E-state index in [9.17, 15) is 8.42 Å². The van der Waals surface area contributed by atoms with Crippen LogP contribution in [-0.4, -0.2) is 18.5 Å². The van der Waals surface area contributed by atoms with Crippen molar-refractivity contribution in [3.63, 3.8) is 0 Å². The van der Waals surface area contributed by atoms with Gasteiger partial charge in [-0.25, -0.2) is 13.1 Å². The Labute approximate surface area is 109 Å². The van der Waals surface area contributed by atoms with E-state index >= 15 is 0 Å². The SMILES string of the molecule is O=S(=O)(NCc1ccncc1)c1csc(CO)c1. The van der Waals surface area contributed by atoms with Gasteiger partial charge in [-0.15, -0.1) is 11.3 Å². The molecule has 2 aromatic heterocycles. The molecule has 7 heteroatoms. The molecule has 0 atom stereocenters. The minimum Gasteiger partial charge on any atom is -0.391 e. The van der Waals surface area contributed by atoms with E-state index in [4.69, 9.17) is 5.11 Å². The summed E-state index contributed by atoms with van der Waals surface area (Å²) in [6.07, 6.45) is 3.22. The van der Waals surface area contributed by atoms with Gasteiger partial charge in [-0.1, -0.05) is 0 Å². The normalized spacial score (nSPS) is 11.6. The van der Waals surface area contributed by atoms with Gasteiger partial charge in [-0.3, -0.25) is 4.98 Å². The zero-order valence-electron chi connectivity index (χ0n) is 9.41. The Balaban J connectivity index is 2.08. The van der Waals surface area contributed by atoms with Gasteiger partial charge in [0, 0.05) is 29.2 Å². The number of sulfonamides is 1. The van der Waals surface area contributed by atoms with E-state index in [-0.39, 0.29) is 18.0 Å². The third kappa shape index (κ3) is 3.14. The highest BCUT2D eigenvalue weighted by atomic mass is 32.2. The monoisotopic (exact) mass is 284 g/mol. The van der Waals surface area contributed by atoms with Gasteiger partial charge in [0.15, 0.2) is 0 Å². The second kappa shape index (κ2) is 5.57. The van der Waals surface area contributed by atoms with E-state index in [1.165, 1.54) is 22.8 Å². The third-order valence-electron chi connectivity index (χ3n) is 2.31. The quantitative estimate of drug-likeness (QED) is 0.862. The molecule has 2 heterocycles. The van der Waals surface area contributed by atoms with Crippen molar-refractivity contribution in [3.05, 3.63) is 46.4 Å². The highest BCUT2D eigenvalue weighted by molar-refractivity contribution is 7.89. The van der Waals surface area contributed by atoms with E-state index < -0.39 is 10.0 Å². The average Bonchev–Trinajstić information content (AvgIpc) is 2.87. The van der Waals surface area contributed by atoms with Gasteiger partial charge in [-0.05, 0) is 23.8 Å².